The van der Waals surface area contributed by atoms with E-state index in [-0.39, 0.29) is 22.3 Å². The van der Waals surface area contributed by atoms with Crippen molar-refractivity contribution in [3.05, 3.63) is 34.6 Å². The second kappa shape index (κ2) is 8.27. The van der Waals surface area contributed by atoms with E-state index in [9.17, 15) is 9.59 Å². The van der Waals surface area contributed by atoms with Crippen LogP contribution in [0.3, 0.4) is 0 Å². The van der Waals surface area contributed by atoms with Crippen molar-refractivity contribution in [2.24, 2.45) is 17.8 Å². The normalized spacial score (nSPS) is 29.9. The van der Waals surface area contributed by atoms with Gasteiger partial charge in [0.1, 0.15) is 0 Å². The summed E-state index contributed by atoms with van der Waals surface area (Å²) in [5.74, 6) is 2.50. The lowest BCUT2D eigenvalue weighted by Crippen LogP contribution is -2.60. The van der Waals surface area contributed by atoms with Gasteiger partial charge in [-0.2, -0.15) is 0 Å². The number of amides is 1. The smallest absolute Gasteiger partial charge is 0.262 e. The number of aromatic nitrogens is 2. The maximum absolute atomic E-state index is 13.3. The van der Waals surface area contributed by atoms with Crippen molar-refractivity contribution in [3.63, 3.8) is 0 Å². The summed E-state index contributed by atoms with van der Waals surface area (Å²) in [5, 5.41) is 4.51. The topological polar surface area (TPSA) is 64.0 Å². The number of thioether (sulfide) groups is 1. The Morgan fingerprint density at radius 2 is 1.84 bits per heavy atom. The lowest BCUT2D eigenvalue weighted by atomic mass is 9.53. The largest absolute Gasteiger partial charge is 0.350 e. The Hall–Kier alpha value is -1.82. The molecular formula is C25H33N3O2S. The molecule has 1 heterocycles. The van der Waals surface area contributed by atoms with Crippen LogP contribution in [0.2, 0.25) is 0 Å². The number of unbranched alkanes of at least 4 members (excludes halogenated alkanes) is 1. The summed E-state index contributed by atoms with van der Waals surface area (Å²) in [6.45, 7) is 4.71. The van der Waals surface area contributed by atoms with Crippen LogP contribution in [-0.2, 0) is 11.3 Å². The number of nitrogens with zero attached hydrogens (tertiary/aromatic N) is 2. The van der Waals surface area contributed by atoms with Crippen LogP contribution >= 0.6 is 11.8 Å². The molecule has 4 aliphatic carbocycles. The minimum Gasteiger partial charge on any atom is -0.350 e. The summed E-state index contributed by atoms with van der Waals surface area (Å²) in [4.78, 5) is 31.2. The molecule has 0 spiro atoms. The molecule has 4 bridgehead atoms. The fraction of sp³-hybridized carbons (Fsp3) is 0.640. The third-order valence-corrected chi connectivity index (χ3v) is 8.73. The van der Waals surface area contributed by atoms with Gasteiger partial charge in [-0.05, 0) is 81.8 Å². The Morgan fingerprint density at radius 3 is 2.48 bits per heavy atom. The van der Waals surface area contributed by atoms with Crippen molar-refractivity contribution in [1.82, 2.24) is 14.9 Å². The van der Waals surface area contributed by atoms with Gasteiger partial charge in [0, 0.05) is 12.1 Å². The molecule has 5 nitrogen and oxygen atoms in total. The Kier molecular flexibility index (Phi) is 5.61. The number of hydrogen-bond acceptors (Lipinski definition) is 4. The van der Waals surface area contributed by atoms with Gasteiger partial charge in [0.15, 0.2) is 5.16 Å². The molecule has 1 atom stereocenters. The fourth-order valence-corrected chi connectivity index (χ4v) is 7.52. The van der Waals surface area contributed by atoms with Crippen LogP contribution in [0.4, 0.5) is 0 Å². The average molecular weight is 440 g/mol. The first kappa shape index (κ1) is 21.0. The first-order valence-electron chi connectivity index (χ1n) is 11.9. The van der Waals surface area contributed by atoms with Crippen LogP contribution < -0.4 is 10.9 Å². The fourth-order valence-electron chi connectivity index (χ4n) is 6.59. The van der Waals surface area contributed by atoms with Crippen molar-refractivity contribution < 1.29 is 4.79 Å². The predicted molar refractivity (Wildman–Crippen MR) is 125 cm³/mol. The Labute approximate surface area is 188 Å². The number of carbonyl (C=O) groups excluding carboxylic acids is 1. The number of nitrogens with one attached hydrogen (secondary N) is 1. The molecule has 4 fully saturated rings. The van der Waals surface area contributed by atoms with Crippen LogP contribution in [0.25, 0.3) is 10.9 Å². The minimum atomic E-state index is -0.283. The Morgan fingerprint density at radius 1 is 1.19 bits per heavy atom. The first-order chi connectivity index (χ1) is 15.0. The molecule has 2 aromatic rings. The lowest BCUT2D eigenvalue weighted by molar-refractivity contribution is -0.126. The van der Waals surface area contributed by atoms with E-state index in [1.54, 1.807) is 4.57 Å². The van der Waals surface area contributed by atoms with Crippen molar-refractivity contribution >= 4 is 28.6 Å². The molecule has 166 valence electrons. The van der Waals surface area contributed by atoms with Crippen molar-refractivity contribution in [2.75, 3.05) is 0 Å². The number of para-hydroxylation sites is 1. The molecule has 1 unspecified atom stereocenters. The summed E-state index contributed by atoms with van der Waals surface area (Å²) >= 11 is 1.43. The standard InChI is InChI=1S/C25H33N3O2S/c1-3-4-9-28-23(30)20-7-5-6-8-21(20)26-24(28)31-16(2)22(29)27-25-13-17-10-18(14-25)12-19(11-17)15-25/h5-8,16-19H,3-4,9-15H2,1-2H3,(H,27,29). The van der Waals surface area contributed by atoms with Gasteiger partial charge < -0.3 is 5.32 Å². The van der Waals surface area contributed by atoms with E-state index in [0.717, 1.165) is 49.9 Å². The molecule has 0 radical (unpaired) electrons. The number of fused-ring (bicyclic) bond motifs is 1. The summed E-state index contributed by atoms with van der Waals surface area (Å²) in [5.41, 5.74) is 0.714. The summed E-state index contributed by atoms with van der Waals surface area (Å²) in [6.07, 6.45) is 9.47. The zero-order chi connectivity index (χ0) is 21.6. The van der Waals surface area contributed by atoms with Crippen LogP contribution in [0.5, 0.6) is 0 Å². The highest BCUT2D eigenvalue weighted by atomic mass is 32.2. The molecule has 4 saturated carbocycles. The number of benzene rings is 1. The van der Waals surface area contributed by atoms with E-state index >= 15 is 0 Å². The second-order valence-electron chi connectivity index (χ2n) is 10.2. The highest BCUT2D eigenvalue weighted by Gasteiger charge is 2.51. The average Bonchev–Trinajstić information content (AvgIpc) is 2.72. The molecule has 4 aliphatic rings. The van der Waals surface area contributed by atoms with Crippen molar-refractivity contribution in [1.29, 1.82) is 0 Å². The summed E-state index contributed by atoms with van der Waals surface area (Å²) in [6, 6.07) is 7.50. The lowest BCUT2D eigenvalue weighted by Gasteiger charge is -2.57. The zero-order valence-corrected chi connectivity index (χ0v) is 19.4. The van der Waals surface area contributed by atoms with E-state index in [1.165, 1.54) is 31.0 Å². The number of hydrogen-bond donors (Lipinski definition) is 1. The molecule has 31 heavy (non-hydrogen) atoms. The Balaban J connectivity index is 1.36. The van der Waals surface area contributed by atoms with E-state index in [1.807, 2.05) is 31.2 Å². The maximum atomic E-state index is 13.3. The van der Waals surface area contributed by atoms with Gasteiger partial charge >= 0.3 is 0 Å². The third kappa shape index (κ3) is 4.04. The van der Waals surface area contributed by atoms with E-state index in [0.29, 0.717) is 22.6 Å². The molecule has 0 saturated heterocycles. The van der Waals surface area contributed by atoms with Crippen LogP contribution in [-0.4, -0.2) is 26.2 Å². The summed E-state index contributed by atoms with van der Waals surface area (Å²) in [7, 11) is 0. The van der Waals surface area contributed by atoms with Gasteiger partial charge in [0.25, 0.3) is 5.56 Å². The van der Waals surface area contributed by atoms with Gasteiger partial charge in [-0.25, -0.2) is 4.98 Å². The molecule has 6 heteroatoms. The molecule has 1 aromatic heterocycles. The molecule has 1 N–H and O–H groups in total. The van der Waals surface area contributed by atoms with Crippen LogP contribution in [0.1, 0.15) is 65.2 Å². The third-order valence-electron chi connectivity index (χ3n) is 7.64. The SMILES string of the molecule is CCCCn1c(SC(C)C(=O)NC23CC4CC(CC(C4)C2)C3)nc2ccccc2c1=O. The highest BCUT2D eigenvalue weighted by molar-refractivity contribution is 8.00. The number of rotatable bonds is 7. The van der Waals surface area contributed by atoms with Gasteiger partial charge in [-0.3, -0.25) is 14.2 Å². The predicted octanol–water partition coefficient (Wildman–Crippen LogP) is 4.76. The van der Waals surface area contributed by atoms with Crippen LogP contribution in [0, 0.1) is 17.8 Å². The molecule has 0 aliphatic heterocycles. The minimum absolute atomic E-state index is 0.00441. The molecule has 1 aromatic carbocycles. The molecule has 6 rings (SSSR count). The zero-order valence-electron chi connectivity index (χ0n) is 18.6. The van der Waals surface area contributed by atoms with Gasteiger partial charge in [0.2, 0.25) is 5.91 Å². The Bertz CT molecular complexity index is 1010. The van der Waals surface area contributed by atoms with Crippen molar-refractivity contribution in [2.45, 2.75) is 87.7 Å². The van der Waals surface area contributed by atoms with Crippen LogP contribution in [0.15, 0.2) is 34.2 Å². The molecular weight excluding hydrogens is 406 g/mol. The molecule has 1 amide bonds. The van der Waals surface area contributed by atoms with Gasteiger partial charge in [0.05, 0.1) is 16.2 Å². The van der Waals surface area contributed by atoms with E-state index < -0.39 is 0 Å². The van der Waals surface area contributed by atoms with Gasteiger partial charge in [-0.1, -0.05) is 37.2 Å². The second-order valence-corrected chi connectivity index (χ2v) is 11.5. The summed E-state index contributed by atoms with van der Waals surface area (Å²) < 4.78 is 1.77. The first-order valence-corrected chi connectivity index (χ1v) is 12.8. The quantitative estimate of drug-likeness (QED) is 0.499. The monoisotopic (exact) mass is 439 g/mol. The number of carbonyl (C=O) groups is 1. The maximum Gasteiger partial charge on any atom is 0.262 e. The van der Waals surface area contributed by atoms with E-state index in [4.69, 9.17) is 4.98 Å². The van der Waals surface area contributed by atoms with Crippen molar-refractivity contribution in [3.8, 4) is 0 Å². The van der Waals surface area contributed by atoms with E-state index in [2.05, 4.69) is 12.2 Å². The highest BCUT2D eigenvalue weighted by Crippen LogP contribution is 2.55. The van der Waals surface area contributed by atoms with Gasteiger partial charge in [-0.15, -0.1) is 0 Å².